The summed E-state index contributed by atoms with van der Waals surface area (Å²) in [5, 5.41) is 7.23. The first-order valence-electron chi connectivity index (χ1n) is 9.02. The Morgan fingerprint density at radius 2 is 1.96 bits per heavy atom. The van der Waals surface area contributed by atoms with Crippen LogP contribution in [0.5, 0.6) is 0 Å². The standard InChI is InChI=1S/C17H28N4O2/c1-13-18-17(20-23-13)14-7-10-21(11-8-14)12-9-16(22)19-15-5-3-2-4-6-15/h14-15H,2-12H2,1H3,(H,19,22). The molecule has 1 saturated carbocycles. The molecular weight excluding hydrogens is 292 g/mol. The van der Waals surface area contributed by atoms with Crippen LogP contribution in [-0.4, -0.2) is 46.6 Å². The molecule has 1 saturated heterocycles. The molecule has 6 nitrogen and oxygen atoms in total. The van der Waals surface area contributed by atoms with Gasteiger partial charge in [-0.3, -0.25) is 4.79 Å². The molecule has 1 aromatic heterocycles. The van der Waals surface area contributed by atoms with Gasteiger partial charge in [-0.05, 0) is 38.8 Å². The maximum Gasteiger partial charge on any atom is 0.223 e. The van der Waals surface area contributed by atoms with Gasteiger partial charge in [0.15, 0.2) is 5.82 Å². The number of nitrogens with zero attached hydrogens (tertiary/aromatic N) is 3. The highest BCUT2D eigenvalue weighted by Gasteiger charge is 2.24. The number of amides is 1. The van der Waals surface area contributed by atoms with Gasteiger partial charge >= 0.3 is 0 Å². The predicted octanol–water partition coefficient (Wildman–Crippen LogP) is 2.40. The number of nitrogens with one attached hydrogen (secondary N) is 1. The van der Waals surface area contributed by atoms with Crippen molar-refractivity contribution in [2.45, 2.75) is 70.3 Å². The van der Waals surface area contributed by atoms with Crippen molar-refractivity contribution in [3.05, 3.63) is 11.7 Å². The molecule has 1 amide bonds. The molecule has 0 unspecified atom stereocenters. The average Bonchev–Trinajstić information content (AvgIpc) is 3.01. The molecule has 2 aliphatic rings. The van der Waals surface area contributed by atoms with E-state index in [0.717, 1.165) is 51.1 Å². The maximum absolute atomic E-state index is 12.1. The highest BCUT2D eigenvalue weighted by Crippen LogP contribution is 2.25. The summed E-state index contributed by atoms with van der Waals surface area (Å²) in [5.41, 5.74) is 0. The number of likely N-dealkylation sites (tertiary alicyclic amines) is 1. The molecule has 128 valence electrons. The Morgan fingerprint density at radius 3 is 2.61 bits per heavy atom. The third-order valence-corrected chi connectivity index (χ3v) is 5.12. The lowest BCUT2D eigenvalue weighted by atomic mass is 9.95. The van der Waals surface area contributed by atoms with Gasteiger partial charge in [0.2, 0.25) is 11.8 Å². The molecule has 1 aliphatic carbocycles. The number of piperidine rings is 1. The third-order valence-electron chi connectivity index (χ3n) is 5.12. The van der Waals surface area contributed by atoms with Gasteiger partial charge in [-0.2, -0.15) is 4.98 Å². The Morgan fingerprint density at radius 1 is 1.22 bits per heavy atom. The van der Waals surface area contributed by atoms with E-state index in [4.69, 9.17) is 4.52 Å². The molecule has 3 rings (SSSR count). The second-order valence-corrected chi connectivity index (χ2v) is 6.94. The van der Waals surface area contributed by atoms with Crippen LogP contribution in [0, 0.1) is 6.92 Å². The van der Waals surface area contributed by atoms with Crippen LogP contribution >= 0.6 is 0 Å². The van der Waals surface area contributed by atoms with Crippen LogP contribution in [0.4, 0.5) is 0 Å². The number of hydrogen-bond acceptors (Lipinski definition) is 5. The van der Waals surface area contributed by atoms with Crippen LogP contribution in [-0.2, 0) is 4.79 Å². The minimum atomic E-state index is 0.216. The van der Waals surface area contributed by atoms with E-state index < -0.39 is 0 Å². The molecular formula is C17H28N4O2. The number of carbonyl (C=O) groups is 1. The minimum absolute atomic E-state index is 0.216. The maximum atomic E-state index is 12.1. The smallest absolute Gasteiger partial charge is 0.223 e. The van der Waals surface area contributed by atoms with Gasteiger partial charge in [-0.1, -0.05) is 24.4 Å². The van der Waals surface area contributed by atoms with E-state index in [1.165, 1.54) is 19.3 Å². The zero-order valence-electron chi connectivity index (χ0n) is 14.1. The van der Waals surface area contributed by atoms with E-state index >= 15 is 0 Å². The fraction of sp³-hybridized carbons (Fsp3) is 0.824. The topological polar surface area (TPSA) is 71.3 Å². The highest BCUT2D eigenvalue weighted by molar-refractivity contribution is 5.76. The van der Waals surface area contributed by atoms with Gasteiger partial charge in [0.1, 0.15) is 0 Å². The number of hydrogen-bond donors (Lipinski definition) is 1. The fourth-order valence-corrected chi connectivity index (χ4v) is 3.70. The summed E-state index contributed by atoms with van der Waals surface area (Å²) in [6, 6.07) is 0.420. The second kappa shape index (κ2) is 7.90. The van der Waals surface area contributed by atoms with E-state index in [0.29, 0.717) is 24.3 Å². The van der Waals surface area contributed by atoms with Crippen molar-refractivity contribution in [1.29, 1.82) is 0 Å². The summed E-state index contributed by atoms with van der Waals surface area (Å²) in [6.45, 7) is 4.71. The van der Waals surface area contributed by atoms with Crippen molar-refractivity contribution >= 4 is 5.91 Å². The molecule has 2 heterocycles. The van der Waals surface area contributed by atoms with Crippen molar-refractivity contribution in [2.75, 3.05) is 19.6 Å². The van der Waals surface area contributed by atoms with Crippen LogP contribution in [0.3, 0.4) is 0 Å². The molecule has 0 spiro atoms. The van der Waals surface area contributed by atoms with Gasteiger partial charge in [-0.25, -0.2) is 0 Å². The number of rotatable bonds is 5. The Balaban J connectivity index is 1.34. The van der Waals surface area contributed by atoms with E-state index in [1.54, 1.807) is 0 Å². The number of aromatic nitrogens is 2. The summed E-state index contributed by atoms with van der Waals surface area (Å²) < 4.78 is 5.07. The molecule has 1 aromatic rings. The Hall–Kier alpha value is -1.43. The summed E-state index contributed by atoms with van der Waals surface area (Å²) >= 11 is 0. The largest absolute Gasteiger partial charge is 0.353 e. The summed E-state index contributed by atoms with van der Waals surface area (Å²) in [4.78, 5) is 18.8. The van der Waals surface area contributed by atoms with E-state index in [9.17, 15) is 4.79 Å². The van der Waals surface area contributed by atoms with Crippen molar-refractivity contribution in [2.24, 2.45) is 0 Å². The quantitative estimate of drug-likeness (QED) is 0.902. The van der Waals surface area contributed by atoms with Gasteiger partial charge < -0.3 is 14.7 Å². The number of carbonyl (C=O) groups excluding carboxylic acids is 1. The molecule has 0 radical (unpaired) electrons. The molecule has 0 atom stereocenters. The van der Waals surface area contributed by atoms with Gasteiger partial charge in [0, 0.05) is 31.8 Å². The Kier molecular flexibility index (Phi) is 5.65. The van der Waals surface area contributed by atoms with E-state index in [-0.39, 0.29) is 5.91 Å². The fourth-order valence-electron chi connectivity index (χ4n) is 3.70. The molecule has 1 N–H and O–H groups in total. The van der Waals surface area contributed by atoms with Crippen LogP contribution in [0.15, 0.2) is 4.52 Å². The highest BCUT2D eigenvalue weighted by atomic mass is 16.5. The van der Waals surface area contributed by atoms with Crippen LogP contribution in [0.2, 0.25) is 0 Å². The lowest BCUT2D eigenvalue weighted by Crippen LogP contribution is -2.39. The molecule has 0 aromatic carbocycles. The van der Waals surface area contributed by atoms with Crippen LogP contribution in [0.1, 0.15) is 69.0 Å². The first-order chi connectivity index (χ1) is 11.2. The average molecular weight is 320 g/mol. The van der Waals surface area contributed by atoms with Crippen molar-refractivity contribution < 1.29 is 9.32 Å². The molecule has 6 heteroatoms. The first kappa shape index (κ1) is 16.4. The van der Waals surface area contributed by atoms with Gasteiger partial charge in [0.05, 0.1) is 0 Å². The Labute approximate surface area is 138 Å². The molecule has 23 heavy (non-hydrogen) atoms. The summed E-state index contributed by atoms with van der Waals surface area (Å²) in [6.07, 6.45) is 8.85. The SMILES string of the molecule is Cc1nc(C2CCN(CCC(=O)NC3CCCCC3)CC2)no1. The number of aryl methyl sites for hydroxylation is 1. The summed E-state index contributed by atoms with van der Waals surface area (Å²) in [5.74, 6) is 2.10. The Bertz CT molecular complexity index is 502. The van der Waals surface area contributed by atoms with Crippen molar-refractivity contribution in [3.8, 4) is 0 Å². The molecule has 2 fully saturated rings. The minimum Gasteiger partial charge on any atom is -0.353 e. The van der Waals surface area contributed by atoms with Gasteiger partial charge in [0.25, 0.3) is 0 Å². The lowest BCUT2D eigenvalue weighted by Gasteiger charge is -2.30. The molecule has 1 aliphatic heterocycles. The van der Waals surface area contributed by atoms with Gasteiger partial charge in [-0.15, -0.1) is 0 Å². The predicted molar refractivity (Wildman–Crippen MR) is 87.1 cm³/mol. The zero-order chi connectivity index (χ0) is 16.1. The second-order valence-electron chi connectivity index (χ2n) is 6.94. The normalized spacial score (nSPS) is 21.4. The van der Waals surface area contributed by atoms with Crippen molar-refractivity contribution in [1.82, 2.24) is 20.4 Å². The van der Waals surface area contributed by atoms with E-state index in [2.05, 4.69) is 20.4 Å². The van der Waals surface area contributed by atoms with Crippen LogP contribution in [0.25, 0.3) is 0 Å². The first-order valence-corrected chi connectivity index (χ1v) is 9.02. The molecule has 0 bridgehead atoms. The van der Waals surface area contributed by atoms with E-state index in [1.807, 2.05) is 6.92 Å². The monoisotopic (exact) mass is 320 g/mol. The van der Waals surface area contributed by atoms with Crippen molar-refractivity contribution in [3.63, 3.8) is 0 Å². The third kappa shape index (κ3) is 4.77. The zero-order valence-corrected chi connectivity index (χ0v) is 14.1. The van der Waals surface area contributed by atoms with Crippen LogP contribution < -0.4 is 5.32 Å². The lowest BCUT2D eigenvalue weighted by molar-refractivity contribution is -0.122. The summed E-state index contributed by atoms with van der Waals surface area (Å²) in [7, 11) is 0.